The summed E-state index contributed by atoms with van der Waals surface area (Å²) in [5.41, 5.74) is 2.54. The number of benzene rings is 2. The van der Waals surface area contributed by atoms with Crippen molar-refractivity contribution >= 4 is 11.9 Å². The first-order chi connectivity index (χ1) is 15.6. The lowest BCUT2D eigenvalue weighted by Crippen LogP contribution is -2.43. The summed E-state index contributed by atoms with van der Waals surface area (Å²) in [4.78, 5) is 19.1. The lowest BCUT2D eigenvalue weighted by atomic mass is 9.84. The molecule has 9 heteroatoms. The van der Waals surface area contributed by atoms with E-state index in [4.69, 9.17) is 14.9 Å². The minimum absolute atomic E-state index is 0.0790. The van der Waals surface area contributed by atoms with E-state index in [1.54, 1.807) is 13.2 Å². The average Bonchev–Trinajstić information content (AvgIpc) is 2.77. The summed E-state index contributed by atoms with van der Waals surface area (Å²) in [5, 5.41) is 49.4. The molecule has 2 aromatic rings. The second-order valence-electron chi connectivity index (χ2n) is 7.72. The highest BCUT2D eigenvalue weighted by Gasteiger charge is 2.31. The van der Waals surface area contributed by atoms with Crippen LogP contribution in [0.4, 0.5) is 0 Å². The van der Waals surface area contributed by atoms with E-state index >= 15 is 0 Å². The van der Waals surface area contributed by atoms with Crippen molar-refractivity contribution in [3.05, 3.63) is 65.2 Å². The van der Waals surface area contributed by atoms with E-state index in [1.807, 2.05) is 24.3 Å². The number of carboxylic acids is 2. The fraction of sp³-hybridized carbons (Fsp3) is 0.333. The summed E-state index contributed by atoms with van der Waals surface area (Å²) in [6.45, 7) is 2.10. The highest BCUT2D eigenvalue weighted by atomic mass is 16.5. The number of phenols is 2. The molecule has 6 N–H and O–H groups in total. The van der Waals surface area contributed by atoms with Gasteiger partial charge < -0.3 is 35.6 Å². The van der Waals surface area contributed by atoms with Crippen LogP contribution in [0, 0.1) is 0 Å². The Bertz CT molecular complexity index is 971. The maximum absolute atomic E-state index is 10.6. The van der Waals surface area contributed by atoms with Gasteiger partial charge in [-0.1, -0.05) is 18.2 Å². The lowest BCUT2D eigenvalue weighted by molar-refractivity contribution is -0.134. The van der Waals surface area contributed by atoms with E-state index in [1.165, 1.54) is 11.6 Å². The van der Waals surface area contributed by atoms with Crippen molar-refractivity contribution in [2.24, 2.45) is 0 Å². The van der Waals surface area contributed by atoms with Crippen molar-refractivity contribution < 1.29 is 39.9 Å². The number of aliphatic carboxylic acids is 2. The van der Waals surface area contributed by atoms with Crippen molar-refractivity contribution in [3.8, 4) is 17.2 Å². The summed E-state index contributed by atoms with van der Waals surface area (Å²) in [7, 11) is 1.65. The van der Waals surface area contributed by atoms with Gasteiger partial charge in [-0.15, -0.1) is 0 Å². The largest absolute Gasteiger partial charge is 0.504 e. The summed E-state index contributed by atoms with van der Waals surface area (Å²) >= 11 is 0. The third-order valence-corrected chi connectivity index (χ3v) is 5.27. The molecule has 9 nitrogen and oxygen atoms in total. The van der Waals surface area contributed by atoms with Gasteiger partial charge in [-0.05, 0) is 55.5 Å². The number of rotatable bonds is 7. The number of hydrogen-bond donors (Lipinski definition) is 6. The predicted molar refractivity (Wildman–Crippen MR) is 121 cm³/mol. The van der Waals surface area contributed by atoms with Crippen LogP contribution in [0.3, 0.4) is 0 Å². The van der Waals surface area contributed by atoms with Gasteiger partial charge >= 0.3 is 11.9 Å². The van der Waals surface area contributed by atoms with E-state index < -0.39 is 18.0 Å². The molecule has 0 fully saturated rings. The number of carbonyl (C=O) groups is 2. The van der Waals surface area contributed by atoms with Crippen LogP contribution in [-0.2, 0) is 22.4 Å². The van der Waals surface area contributed by atoms with Gasteiger partial charge in [-0.2, -0.15) is 0 Å². The molecule has 0 saturated heterocycles. The molecule has 3 rings (SSSR count). The quantitative estimate of drug-likeness (QED) is 0.270. The summed E-state index contributed by atoms with van der Waals surface area (Å²) < 4.78 is 5.17. The molecule has 3 unspecified atom stereocenters. The normalized spacial score (nSPS) is 18.0. The van der Waals surface area contributed by atoms with Crippen LogP contribution >= 0.6 is 0 Å². The molecule has 0 spiro atoms. The highest BCUT2D eigenvalue weighted by Crippen LogP contribution is 2.39. The fourth-order valence-corrected chi connectivity index (χ4v) is 3.71. The zero-order valence-electron chi connectivity index (χ0n) is 18.4. The Labute approximate surface area is 191 Å². The van der Waals surface area contributed by atoms with Gasteiger partial charge in [-0.25, -0.2) is 9.59 Å². The molecule has 1 aliphatic carbocycles. The molecule has 0 saturated carbocycles. The van der Waals surface area contributed by atoms with Crippen LogP contribution in [0.15, 0.2) is 48.6 Å². The number of aliphatic hydroxyl groups is 1. The Balaban J connectivity index is 0.000000414. The van der Waals surface area contributed by atoms with Crippen molar-refractivity contribution in [1.82, 2.24) is 5.32 Å². The minimum atomic E-state index is -1.26. The van der Waals surface area contributed by atoms with Crippen LogP contribution in [0.5, 0.6) is 17.2 Å². The molecule has 33 heavy (non-hydrogen) atoms. The molecule has 0 aromatic heterocycles. The van der Waals surface area contributed by atoms with Crippen molar-refractivity contribution in [3.63, 3.8) is 0 Å². The summed E-state index contributed by atoms with van der Waals surface area (Å²) in [6.07, 6.45) is 2.59. The lowest BCUT2D eigenvalue weighted by Gasteiger charge is -2.33. The topological polar surface area (TPSA) is 157 Å². The van der Waals surface area contributed by atoms with Gasteiger partial charge in [0.15, 0.2) is 11.5 Å². The Kier molecular flexibility index (Phi) is 9.26. The standard InChI is InChI=1S/C20H25NO4.C4H4O4/c1-12(11-13-3-5-14(25-2)6-4-13)21-17-9-7-16-15(19(17)23)8-10-18(22)20(16)24;5-3(6)1-2-4(7)8/h3-6,8,10,12,17,19,21-24H,7,9,11H2,1-2H3;1-2H,(H,5,6)(H,7,8). The zero-order valence-corrected chi connectivity index (χ0v) is 18.4. The van der Waals surface area contributed by atoms with Gasteiger partial charge in [-0.3, -0.25) is 0 Å². The molecule has 2 aromatic carbocycles. The Morgan fingerprint density at radius 3 is 2.24 bits per heavy atom. The van der Waals surface area contributed by atoms with E-state index in [2.05, 4.69) is 12.2 Å². The molecular weight excluding hydrogens is 430 g/mol. The number of hydrogen-bond acceptors (Lipinski definition) is 7. The maximum atomic E-state index is 10.6. The van der Waals surface area contributed by atoms with Gasteiger partial charge in [0.05, 0.1) is 13.2 Å². The molecule has 1 aliphatic rings. The first-order valence-electron chi connectivity index (χ1n) is 10.4. The smallest absolute Gasteiger partial charge is 0.328 e. The second kappa shape index (κ2) is 11.9. The molecule has 0 bridgehead atoms. The molecule has 178 valence electrons. The third kappa shape index (κ3) is 7.51. The number of fused-ring (bicyclic) bond motifs is 1. The molecular formula is C24H29NO8. The molecule has 0 radical (unpaired) electrons. The fourth-order valence-electron chi connectivity index (χ4n) is 3.71. The second-order valence-corrected chi connectivity index (χ2v) is 7.72. The van der Waals surface area contributed by atoms with Crippen LogP contribution in [0.1, 0.15) is 36.1 Å². The predicted octanol–water partition coefficient (Wildman–Crippen LogP) is 2.39. The minimum Gasteiger partial charge on any atom is -0.504 e. The summed E-state index contributed by atoms with van der Waals surface area (Å²) in [5.74, 6) is -1.92. The number of carboxylic acid groups (broad SMARTS) is 2. The Hall–Kier alpha value is -3.56. The first kappa shape index (κ1) is 25.7. The van der Waals surface area contributed by atoms with Gasteiger partial charge in [0.2, 0.25) is 0 Å². The number of aromatic hydroxyl groups is 2. The van der Waals surface area contributed by atoms with E-state index in [0.717, 1.165) is 12.2 Å². The number of aliphatic hydroxyl groups excluding tert-OH is 1. The summed E-state index contributed by atoms with van der Waals surface area (Å²) in [6, 6.07) is 11.2. The maximum Gasteiger partial charge on any atom is 0.328 e. The van der Waals surface area contributed by atoms with Crippen LogP contribution in [0.2, 0.25) is 0 Å². The van der Waals surface area contributed by atoms with Crippen molar-refractivity contribution in [1.29, 1.82) is 0 Å². The molecule has 0 aliphatic heterocycles. The third-order valence-electron chi connectivity index (χ3n) is 5.27. The first-order valence-corrected chi connectivity index (χ1v) is 10.4. The molecule has 0 heterocycles. The van der Waals surface area contributed by atoms with Gasteiger partial charge in [0, 0.05) is 29.8 Å². The van der Waals surface area contributed by atoms with Crippen LogP contribution in [-0.4, -0.2) is 56.7 Å². The number of methoxy groups -OCH3 is 1. The van der Waals surface area contributed by atoms with Crippen LogP contribution < -0.4 is 10.1 Å². The monoisotopic (exact) mass is 459 g/mol. The zero-order chi connectivity index (χ0) is 24.5. The van der Waals surface area contributed by atoms with Gasteiger partial charge in [0.1, 0.15) is 5.75 Å². The van der Waals surface area contributed by atoms with E-state index in [9.17, 15) is 24.9 Å². The average molecular weight is 459 g/mol. The van der Waals surface area contributed by atoms with Gasteiger partial charge in [0.25, 0.3) is 0 Å². The Morgan fingerprint density at radius 1 is 1.09 bits per heavy atom. The van der Waals surface area contributed by atoms with E-state index in [-0.39, 0.29) is 23.6 Å². The van der Waals surface area contributed by atoms with E-state index in [0.29, 0.717) is 36.1 Å². The Morgan fingerprint density at radius 2 is 1.70 bits per heavy atom. The SMILES string of the molecule is COc1ccc(CC(C)NC2CCc3c(ccc(O)c3O)C2O)cc1.O=C(O)C=CC(=O)O. The number of nitrogens with one attached hydrogen (secondary N) is 1. The highest BCUT2D eigenvalue weighted by molar-refractivity contribution is 5.89. The van der Waals surface area contributed by atoms with Crippen molar-refractivity contribution in [2.75, 3.05) is 7.11 Å². The molecule has 0 amide bonds. The van der Waals surface area contributed by atoms with Crippen LogP contribution in [0.25, 0.3) is 0 Å². The van der Waals surface area contributed by atoms with Crippen molar-refractivity contribution in [2.45, 2.75) is 44.4 Å². The number of phenolic OH excluding ortho intramolecular Hbond substituents is 2. The molecule has 3 atom stereocenters. The number of ether oxygens (including phenoxy) is 1.